The van der Waals surface area contributed by atoms with E-state index in [-0.39, 0.29) is 0 Å². The Morgan fingerprint density at radius 2 is 2.20 bits per heavy atom. The lowest BCUT2D eigenvalue weighted by Crippen LogP contribution is -2.19. The van der Waals surface area contributed by atoms with E-state index in [9.17, 15) is 0 Å². The highest BCUT2D eigenvalue weighted by atomic mass is 35.5. The minimum Gasteiger partial charge on any atom is -0.376 e. The Kier molecular flexibility index (Phi) is 3.56. The molecule has 1 aliphatic rings. The fourth-order valence-electron chi connectivity index (χ4n) is 2.21. The van der Waals surface area contributed by atoms with Crippen molar-refractivity contribution in [1.29, 1.82) is 0 Å². The number of nitrogens with zero attached hydrogens (tertiary/aromatic N) is 2. The maximum Gasteiger partial charge on any atom is 0.161 e. The molecule has 0 aliphatic carbocycles. The van der Waals surface area contributed by atoms with Gasteiger partial charge in [-0.1, -0.05) is 23.7 Å². The van der Waals surface area contributed by atoms with E-state index in [2.05, 4.69) is 15.4 Å². The van der Waals surface area contributed by atoms with Crippen molar-refractivity contribution in [2.75, 3.05) is 12.0 Å². The largest absolute Gasteiger partial charge is 0.376 e. The summed E-state index contributed by atoms with van der Waals surface area (Å²) in [6.07, 6.45) is 0.763. The van der Waals surface area contributed by atoms with Crippen LogP contribution in [0, 0.1) is 6.92 Å². The maximum atomic E-state index is 6.16. The lowest BCUT2D eigenvalue weighted by molar-refractivity contribution is 0.109. The molecule has 3 rings (SSSR count). The number of ether oxygens (including phenoxy) is 1. The van der Waals surface area contributed by atoms with Crippen LogP contribution in [0.15, 0.2) is 18.2 Å². The predicted octanol–water partition coefficient (Wildman–Crippen LogP) is 2.46. The molecule has 0 radical (unpaired) electrons. The number of fused-ring (bicyclic) bond motifs is 1. The molecule has 20 heavy (non-hydrogen) atoms. The number of anilines is 1. The van der Waals surface area contributed by atoms with Crippen LogP contribution in [0.4, 0.5) is 5.82 Å². The first-order chi connectivity index (χ1) is 9.69. The number of benzene rings is 1. The Hall–Kier alpha value is -1.69. The van der Waals surface area contributed by atoms with Crippen LogP contribution < -0.4 is 11.3 Å². The van der Waals surface area contributed by atoms with E-state index in [1.165, 1.54) is 0 Å². The Balaban J connectivity index is 2.11. The van der Waals surface area contributed by atoms with Crippen LogP contribution in [0.2, 0.25) is 5.02 Å². The zero-order valence-electron chi connectivity index (χ0n) is 11.1. The van der Waals surface area contributed by atoms with Crippen LogP contribution in [-0.2, 0) is 17.8 Å². The molecule has 0 saturated heterocycles. The second-order valence-corrected chi connectivity index (χ2v) is 5.14. The van der Waals surface area contributed by atoms with Crippen molar-refractivity contribution in [2.45, 2.75) is 20.0 Å². The van der Waals surface area contributed by atoms with Crippen molar-refractivity contribution in [1.82, 2.24) is 9.97 Å². The van der Waals surface area contributed by atoms with Gasteiger partial charge in [-0.25, -0.2) is 15.8 Å². The molecular formula is C14H15ClN4O. The van der Waals surface area contributed by atoms with Crippen LogP contribution in [0.25, 0.3) is 11.4 Å². The zero-order chi connectivity index (χ0) is 14.1. The summed E-state index contributed by atoms with van der Waals surface area (Å²) in [4.78, 5) is 9.08. The number of nitrogen functional groups attached to an aromatic ring is 1. The molecule has 0 amide bonds. The summed E-state index contributed by atoms with van der Waals surface area (Å²) in [5, 5.41) is 0.703. The summed E-state index contributed by atoms with van der Waals surface area (Å²) in [5.41, 5.74) is 6.44. The lowest BCUT2D eigenvalue weighted by Gasteiger charge is -2.19. The van der Waals surface area contributed by atoms with Crippen LogP contribution >= 0.6 is 11.6 Å². The van der Waals surface area contributed by atoms with Gasteiger partial charge in [0.25, 0.3) is 0 Å². The number of rotatable bonds is 2. The SMILES string of the molecule is Cc1ccc(-c2nc3c(c(NN)n2)COCC3)cc1Cl. The number of hydrogen-bond donors (Lipinski definition) is 2. The first-order valence-corrected chi connectivity index (χ1v) is 6.77. The molecule has 0 spiro atoms. The molecule has 0 atom stereocenters. The van der Waals surface area contributed by atoms with Gasteiger partial charge in [0.15, 0.2) is 5.82 Å². The molecule has 0 unspecified atom stereocenters. The summed E-state index contributed by atoms with van der Waals surface area (Å²) in [6, 6.07) is 5.79. The van der Waals surface area contributed by atoms with Crippen molar-refractivity contribution in [2.24, 2.45) is 5.84 Å². The molecule has 3 N–H and O–H groups in total. The van der Waals surface area contributed by atoms with E-state index >= 15 is 0 Å². The summed E-state index contributed by atoms with van der Waals surface area (Å²) >= 11 is 6.16. The monoisotopic (exact) mass is 290 g/mol. The second-order valence-electron chi connectivity index (χ2n) is 4.73. The molecule has 1 aliphatic heterocycles. The molecule has 0 bridgehead atoms. The summed E-state index contributed by atoms with van der Waals surface area (Å²) < 4.78 is 5.42. The quantitative estimate of drug-likeness (QED) is 0.656. The number of aromatic nitrogens is 2. The highest BCUT2D eigenvalue weighted by molar-refractivity contribution is 6.31. The van der Waals surface area contributed by atoms with E-state index in [1.54, 1.807) is 0 Å². The van der Waals surface area contributed by atoms with Gasteiger partial charge < -0.3 is 10.2 Å². The standard InChI is InChI=1S/C14H15ClN4O/c1-8-2-3-9(6-11(8)15)13-17-12-4-5-20-7-10(12)14(18-13)19-16/h2-3,6H,4-5,7,16H2,1H3,(H,17,18,19). The number of nitrogens with one attached hydrogen (secondary N) is 1. The molecule has 2 heterocycles. The Morgan fingerprint density at radius 3 is 2.95 bits per heavy atom. The van der Waals surface area contributed by atoms with E-state index in [1.807, 2.05) is 25.1 Å². The fraction of sp³-hybridized carbons (Fsp3) is 0.286. The molecule has 0 fully saturated rings. The molecule has 1 aromatic heterocycles. The topological polar surface area (TPSA) is 73.1 Å². The molecule has 1 aromatic carbocycles. The van der Waals surface area contributed by atoms with Gasteiger partial charge >= 0.3 is 0 Å². The van der Waals surface area contributed by atoms with Crippen LogP contribution in [0.3, 0.4) is 0 Å². The second kappa shape index (κ2) is 5.36. The third-order valence-corrected chi connectivity index (χ3v) is 3.80. The third-order valence-electron chi connectivity index (χ3n) is 3.39. The first-order valence-electron chi connectivity index (χ1n) is 6.39. The first kappa shape index (κ1) is 13.3. The van der Waals surface area contributed by atoms with Gasteiger partial charge in [0.2, 0.25) is 0 Å². The minimum atomic E-state index is 0.490. The van der Waals surface area contributed by atoms with Crippen LogP contribution in [-0.4, -0.2) is 16.6 Å². The molecule has 5 nitrogen and oxygen atoms in total. The van der Waals surface area contributed by atoms with Crippen molar-refractivity contribution < 1.29 is 4.74 Å². The van der Waals surface area contributed by atoms with Crippen LogP contribution in [0.5, 0.6) is 0 Å². The maximum absolute atomic E-state index is 6.16. The summed E-state index contributed by atoms with van der Waals surface area (Å²) in [7, 11) is 0. The fourth-order valence-corrected chi connectivity index (χ4v) is 2.39. The predicted molar refractivity (Wildman–Crippen MR) is 78.4 cm³/mol. The van der Waals surface area contributed by atoms with Gasteiger partial charge in [-0.15, -0.1) is 0 Å². The lowest BCUT2D eigenvalue weighted by atomic mass is 10.1. The van der Waals surface area contributed by atoms with E-state index < -0.39 is 0 Å². The minimum absolute atomic E-state index is 0.490. The average molecular weight is 291 g/mol. The van der Waals surface area contributed by atoms with Crippen molar-refractivity contribution in [3.05, 3.63) is 40.0 Å². The van der Waals surface area contributed by atoms with Gasteiger partial charge in [-0.05, 0) is 18.6 Å². The van der Waals surface area contributed by atoms with Crippen LogP contribution in [0.1, 0.15) is 16.8 Å². The van der Waals surface area contributed by atoms with Gasteiger partial charge in [-0.2, -0.15) is 0 Å². The summed E-state index contributed by atoms with van der Waals surface area (Å²) in [5.74, 6) is 6.79. The number of hydrogen-bond acceptors (Lipinski definition) is 5. The van der Waals surface area contributed by atoms with E-state index in [0.29, 0.717) is 29.9 Å². The van der Waals surface area contributed by atoms with E-state index in [4.69, 9.17) is 22.2 Å². The zero-order valence-corrected chi connectivity index (χ0v) is 11.9. The molecule has 104 valence electrons. The number of nitrogens with two attached hydrogens (primary N) is 1. The molecule has 6 heteroatoms. The van der Waals surface area contributed by atoms with Gasteiger partial charge in [0.1, 0.15) is 5.82 Å². The molecule has 0 saturated carbocycles. The van der Waals surface area contributed by atoms with Gasteiger partial charge in [-0.3, -0.25) is 0 Å². The van der Waals surface area contributed by atoms with Gasteiger partial charge in [0.05, 0.1) is 18.9 Å². The number of hydrazine groups is 1. The van der Waals surface area contributed by atoms with Crippen molar-refractivity contribution in [3.8, 4) is 11.4 Å². The Bertz CT molecular complexity index is 643. The Labute approximate surface area is 122 Å². The number of halogens is 1. The highest BCUT2D eigenvalue weighted by Gasteiger charge is 2.18. The van der Waals surface area contributed by atoms with Gasteiger partial charge in [0, 0.05) is 22.6 Å². The highest BCUT2D eigenvalue weighted by Crippen LogP contribution is 2.27. The summed E-state index contributed by atoms with van der Waals surface area (Å²) in [6.45, 7) is 3.12. The normalized spacial score (nSPS) is 13.9. The average Bonchev–Trinajstić information content (AvgIpc) is 2.49. The third kappa shape index (κ3) is 2.35. The Morgan fingerprint density at radius 1 is 1.35 bits per heavy atom. The number of aryl methyl sites for hydroxylation is 1. The van der Waals surface area contributed by atoms with Crippen molar-refractivity contribution in [3.63, 3.8) is 0 Å². The molecular weight excluding hydrogens is 276 g/mol. The molecule has 2 aromatic rings. The van der Waals surface area contributed by atoms with Crippen molar-refractivity contribution >= 4 is 17.4 Å². The smallest absolute Gasteiger partial charge is 0.161 e. The van der Waals surface area contributed by atoms with E-state index in [0.717, 1.165) is 28.8 Å².